The van der Waals surface area contributed by atoms with E-state index in [9.17, 15) is 15.0 Å². The second-order valence-electron chi connectivity index (χ2n) is 2.29. The number of aryl methyl sites for hydroxylation is 1. The molecule has 62 valence electrons. The average molecular weight is 166 g/mol. The molecule has 0 fully saturated rings. The first-order valence-electron chi connectivity index (χ1n) is 3.24. The lowest BCUT2D eigenvalue weighted by atomic mass is 10.2. The zero-order valence-corrected chi connectivity index (χ0v) is 6.35. The Morgan fingerprint density at radius 2 is 2.17 bits per heavy atom. The highest BCUT2D eigenvalue weighted by molar-refractivity contribution is 5.60. The van der Waals surface area contributed by atoms with Crippen LogP contribution in [0.1, 0.15) is 5.56 Å². The molecular formula is C7H6N2O3. The number of hydrogen-bond donors (Lipinski definition) is 0. The molecule has 0 radical (unpaired) electrons. The summed E-state index contributed by atoms with van der Waals surface area (Å²) in [5.74, 6) is 0. The van der Waals surface area contributed by atoms with E-state index in [0.29, 0.717) is 5.56 Å². The fourth-order valence-corrected chi connectivity index (χ4v) is 0.955. The Labute approximate surface area is 68.1 Å². The summed E-state index contributed by atoms with van der Waals surface area (Å²) in [6.45, 7) is 1.56. The van der Waals surface area contributed by atoms with Gasteiger partial charge in [-0.2, -0.15) is 0 Å². The van der Waals surface area contributed by atoms with E-state index in [1.807, 2.05) is 0 Å². The summed E-state index contributed by atoms with van der Waals surface area (Å²) in [7, 11) is 0. The fourth-order valence-electron chi connectivity index (χ4n) is 0.955. The van der Waals surface area contributed by atoms with Gasteiger partial charge in [0.1, 0.15) is 0 Å². The molecule has 0 spiro atoms. The van der Waals surface area contributed by atoms with Crippen LogP contribution in [-0.4, -0.2) is 4.92 Å². The van der Waals surface area contributed by atoms with Crippen molar-refractivity contribution in [3.8, 4) is 0 Å². The predicted octanol–water partition coefficient (Wildman–Crippen LogP) is 2.30. The van der Waals surface area contributed by atoms with Crippen LogP contribution in [0, 0.1) is 21.9 Å². The van der Waals surface area contributed by atoms with E-state index in [-0.39, 0.29) is 11.4 Å². The van der Waals surface area contributed by atoms with Crippen LogP contribution in [0.3, 0.4) is 0 Å². The van der Waals surface area contributed by atoms with Gasteiger partial charge < -0.3 is 0 Å². The van der Waals surface area contributed by atoms with Crippen molar-refractivity contribution in [3.05, 3.63) is 38.8 Å². The van der Waals surface area contributed by atoms with Gasteiger partial charge in [-0.1, -0.05) is 12.1 Å². The van der Waals surface area contributed by atoms with Crippen molar-refractivity contribution in [2.45, 2.75) is 6.92 Å². The summed E-state index contributed by atoms with van der Waals surface area (Å²) in [5, 5.41) is 13.0. The molecule has 0 aliphatic carbocycles. The molecule has 0 aliphatic rings. The van der Waals surface area contributed by atoms with Crippen molar-refractivity contribution in [1.29, 1.82) is 0 Å². The smallest absolute Gasteiger partial charge is 0.258 e. The first-order chi connectivity index (χ1) is 5.66. The Morgan fingerprint density at radius 1 is 1.50 bits per heavy atom. The number of nitro groups is 1. The summed E-state index contributed by atoms with van der Waals surface area (Å²) in [6, 6.07) is 4.43. The monoisotopic (exact) mass is 166 g/mol. The highest BCUT2D eigenvalue weighted by Gasteiger charge is 2.16. The number of nitrogens with zero attached hydrogens (tertiary/aromatic N) is 2. The Kier molecular flexibility index (Phi) is 2.14. The van der Waals surface area contributed by atoms with Gasteiger partial charge in [-0.3, -0.25) is 10.1 Å². The van der Waals surface area contributed by atoms with Crippen LogP contribution < -0.4 is 0 Å². The topological polar surface area (TPSA) is 72.6 Å². The Bertz CT molecular complexity index is 335. The normalized spacial score (nSPS) is 9.42. The van der Waals surface area contributed by atoms with E-state index in [2.05, 4.69) is 5.18 Å². The van der Waals surface area contributed by atoms with Crippen molar-refractivity contribution in [2.75, 3.05) is 0 Å². The minimum atomic E-state index is -0.605. The zero-order chi connectivity index (χ0) is 9.14. The second kappa shape index (κ2) is 3.08. The van der Waals surface area contributed by atoms with Gasteiger partial charge in [0.15, 0.2) is 5.69 Å². The van der Waals surface area contributed by atoms with Crippen LogP contribution in [0.4, 0.5) is 11.4 Å². The number of nitroso groups, excluding NO2 is 1. The predicted molar refractivity (Wildman–Crippen MR) is 43.3 cm³/mol. The molecule has 1 rings (SSSR count). The number of nitro benzene ring substituents is 1. The Balaban J connectivity index is 3.39. The summed E-state index contributed by atoms with van der Waals surface area (Å²) in [6.07, 6.45) is 0. The molecule has 5 heteroatoms. The zero-order valence-electron chi connectivity index (χ0n) is 6.35. The highest BCUT2D eigenvalue weighted by atomic mass is 16.6. The largest absolute Gasteiger partial charge is 0.301 e. The van der Waals surface area contributed by atoms with E-state index in [1.54, 1.807) is 19.1 Å². The molecule has 0 saturated carbocycles. The minimum Gasteiger partial charge on any atom is -0.258 e. The maximum Gasteiger partial charge on any atom is 0.301 e. The maximum absolute atomic E-state index is 10.4. The summed E-state index contributed by atoms with van der Waals surface area (Å²) < 4.78 is 0. The van der Waals surface area contributed by atoms with Crippen molar-refractivity contribution < 1.29 is 4.92 Å². The van der Waals surface area contributed by atoms with Gasteiger partial charge in [0, 0.05) is 5.56 Å². The molecule has 0 atom stereocenters. The number of rotatable bonds is 2. The molecule has 0 saturated heterocycles. The molecule has 5 nitrogen and oxygen atoms in total. The van der Waals surface area contributed by atoms with E-state index >= 15 is 0 Å². The minimum absolute atomic E-state index is 0.125. The summed E-state index contributed by atoms with van der Waals surface area (Å²) in [4.78, 5) is 19.9. The number of para-hydroxylation sites is 1. The SMILES string of the molecule is Cc1cccc(N=O)c1[N+](=O)[O-]. The van der Waals surface area contributed by atoms with Gasteiger partial charge in [-0.05, 0) is 18.2 Å². The first kappa shape index (κ1) is 8.32. The third-order valence-corrected chi connectivity index (χ3v) is 1.50. The Morgan fingerprint density at radius 3 is 2.58 bits per heavy atom. The van der Waals surface area contributed by atoms with Gasteiger partial charge in [0.05, 0.1) is 4.92 Å². The molecule has 0 unspecified atom stereocenters. The van der Waals surface area contributed by atoms with E-state index in [0.717, 1.165) is 0 Å². The van der Waals surface area contributed by atoms with Crippen molar-refractivity contribution >= 4 is 11.4 Å². The summed E-state index contributed by atoms with van der Waals surface area (Å²) >= 11 is 0. The highest BCUT2D eigenvalue weighted by Crippen LogP contribution is 2.29. The van der Waals surface area contributed by atoms with E-state index in [4.69, 9.17) is 0 Å². The van der Waals surface area contributed by atoms with Gasteiger partial charge >= 0.3 is 5.69 Å². The molecule has 0 N–H and O–H groups in total. The van der Waals surface area contributed by atoms with Crippen LogP contribution in [0.25, 0.3) is 0 Å². The standard InChI is InChI=1S/C7H6N2O3/c1-5-3-2-4-6(8-10)7(5)9(11)12/h2-4H,1H3. The van der Waals surface area contributed by atoms with Crippen LogP contribution in [-0.2, 0) is 0 Å². The van der Waals surface area contributed by atoms with Crippen molar-refractivity contribution in [2.24, 2.45) is 5.18 Å². The van der Waals surface area contributed by atoms with Crippen LogP contribution in [0.2, 0.25) is 0 Å². The van der Waals surface area contributed by atoms with Gasteiger partial charge in [0.25, 0.3) is 0 Å². The summed E-state index contributed by atoms with van der Waals surface area (Å²) in [5.41, 5.74) is 0.101. The Hall–Kier alpha value is -1.78. The van der Waals surface area contributed by atoms with Crippen LogP contribution in [0.15, 0.2) is 23.4 Å². The van der Waals surface area contributed by atoms with Crippen molar-refractivity contribution in [1.82, 2.24) is 0 Å². The second-order valence-corrected chi connectivity index (χ2v) is 2.29. The maximum atomic E-state index is 10.4. The number of hydrogen-bond acceptors (Lipinski definition) is 4. The number of benzene rings is 1. The van der Waals surface area contributed by atoms with E-state index < -0.39 is 4.92 Å². The van der Waals surface area contributed by atoms with E-state index in [1.165, 1.54) is 6.07 Å². The lowest BCUT2D eigenvalue weighted by Gasteiger charge is -1.96. The first-order valence-corrected chi connectivity index (χ1v) is 3.24. The average Bonchev–Trinajstić information content (AvgIpc) is 2.03. The van der Waals surface area contributed by atoms with Crippen LogP contribution >= 0.6 is 0 Å². The molecule has 1 aromatic carbocycles. The molecule has 0 bridgehead atoms. The van der Waals surface area contributed by atoms with Crippen molar-refractivity contribution in [3.63, 3.8) is 0 Å². The molecule has 0 aromatic heterocycles. The third kappa shape index (κ3) is 1.29. The third-order valence-electron chi connectivity index (χ3n) is 1.50. The fraction of sp³-hybridized carbons (Fsp3) is 0.143. The lowest BCUT2D eigenvalue weighted by Crippen LogP contribution is -1.91. The molecule has 12 heavy (non-hydrogen) atoms. The lowest BCUT2D eigenvalue weighted by molar-refractivity contribution is -0.384. The van der Waals surface area contributed by atoms with Gasteiger partial charge in [-0.15, -0.1) is 4.91 Å². The molecule has 0 aliphatic heterocycles. The molecule has 1 aromatic rings. The molecule has 0 amide bonds. The van der Waals surface area contributed by atoms with Gasteiger partial charge in [-0.25, -0.2) is 0 Å². The van der Waals surface area contributed by atoms with Crippen LogP contribution in [0.5, 0.6) is 0 Å². The molecular weight excluding hydrogens is 160 g/mol. The van der Waals surface area contributed by atoms with Gasteiger partial charge in [0.2, 0.25) is 0 Å². The molecule has 0 heterocycles. The quantitative estimate of drug-likeness (QED) is 0.384.